The van der Waals surface area contributed by atoms with E-state index in [2.05, 4.69) is 42.7 Å². The molecule has 0 aromatic heterocycles. The van der Waals surface area contributed by atoms with E-state index in [1.807, 2.05) is 26.0 Å². The number of ketones is 1. The summed E-state index contributed by atoms with van der Waals surface area (Å²) < 4.78 is 1.51. The molecule has 2 rings (SSSR count). The molecule has 116 valence electrons. The summed E-state index contributed by atoms with van der Waals surface area (Å²) in [6.45, 7) is 4.03. The first-order valence-corrected chi connectivity index (χ1v) is 8.39. The van der Waals surface area contributed by atoms with Crippen LogP contribution in [-0.2, 0) is 4.79 Å². The molecular weight excluding hydrogens is 412 g/mol. The van der Waals surface area contributed by atoms with Crippen LogP contribution in [0.4, 0.5) is 0 Å². The minimum atomic E-state index is -0.289. The molecule has 1 aliphatic rings. The Kier molecular flexibility index (Phi) is 5.58. The summed E-state index contributed by atoms with van der Waals surface area (Å²) in [7, 11) is 0. The fourth-order valence-electron chi connectivity index (χ4n) is 2.07. The first-order valence-electron chi connectivity index (χ1n) is 6.81. The summed E-state index contributed by atoms with van der Waals surface area (Å²) in [5, 5.41) is 0. The molecule has 1 atom stereocenters. The Hall–Kier alpha value is -1.40. The predicted molar refractivity (Wildman–Crippen MR) is 93.1 cm³/mol. The van der Waals surface area contributed by atoms with E-state index in [-0.39, 0.29) is 17.6 Å². The molecule has 0 radical (unpaired) electrons. The van der Waals surface area contributed by atoms with E-state index >= 15 is 0 Å². The van der Waals surface area contributed by atoms with Gasteiger partial charge in [0.25, 0.3) is 5.91 Å². The molecule has 0 fully saturated rings. The maximum Gasteiger partial charge on any atom is 0.270 e. The SMILES string of the molecule is CC1=C/C(=C\NNC(=O)c2cc(Br)ccc2Br)C(=O)C[C@@H]1C. The number of benzene rings is 1. The van der Waals surface area contributed by atoms with Crippen LogP contribution in [0.5, 0.6) is 0 Å². The Balaban J connectivity index is 2.04. The topological polar surface area (TPSA) is 58.2 Å². The van der Waals surface area contributed by atoms with Crippen LogP contribution in [0.25, 0.3) is 0 Å². The average molecular weight is 428 g/mol. The second-order valence-electron chi connectivity index (χ2n) is 5.24. The molecule has 0 heterocycles. The molecule has 1 amide bonds. The van der Waals surface area contributed by atoms with E-state index in [1.165, 1.54) is 6.20 Å². The highest BCUT2D eigenvalue weighted by Gasteiger charge is 2.19. The van der Waals surface area contributed by atoms with Gasteiger partial charge >= 0.3 is 0 Å². The lowest BCUT2D eigenvalue weighted by atomic mass is 9.87. The number of halogens is 2. The smallest absolute Gasteiger partial charge is 0.270 e. The minimum absolute atomic E-state index is 0.0727. The molecule has 0 spiro atoms. The zero-order chi connectivity index (χ0) is 16.3. The Bertz CT molecular complexity index is 681. The Morgan fingerprint density at radius 1 is 1.36 bits per heavy atom. The van der Waals surface area contributed by atoms with Gasteiger partial charge in [0.1, 0.15) is 0 Å². The summed E-state index contributed by atoms with van der Waals surface area (Å²) in [4.78, 5) is 24.0. The average Bonchev–Trinajstić information content (AvgIpc) is 2.46. The highest BCUT2D eigenvalue weighted by molar-refractivity contribution is 9.11. The number of hydrazine groups is 1. The minimum Gasteiger partial charge on any atom is -0.305 e. The summed E-state index contributed by atoms with van der Waals surface area (Å²) in [5.41, 5.74) is 7.50. The van der Waals surface area contributed by atoms with Gasteiger partial charge in [0.15, 0.2) is 5.78 Å². The first kappa shape index (κ1) is 17.0. The van der Waals surface area contributed by atoms with Gasteiger partial charge in [0, 0.05) is 27.1 Å². The maximum atomic E-state index is 12.1. The Morgan fingerprint density at radius 3 is 2.82 bits per heavy atom. The normalized spacial score (nSPS) is 19.8. The molecule has 2 N–H and O–H groups in total. The van der Waals surface area contributed by atoms with Crippen molar-refractivity contribution in [2.24, 2.45) is 5.92 Å². The van der Waals surface area contributed by atoms with Crippen LogP contribution in [0, 0.1) is 5.92 Å². The molecule has 0 unspecified atom stereocenters. The standard InChI is InChI=1S/C16H16Br2N2O2/c1-9-5-11(15(21)6-10(9)2)8-19-20-16(22)13-7-12(17)3-4-14(13)18/h3-5,7-8,10,19H,6H2,1-2H3,(H,20,22)/b11-8+/t10-/m0/s1. The Morgan fingerprint density at radius 2 is 2.09 bits per heavy atom. The van der Waals surface area contributed by atoms with Crippen LogP contribution >= 0.6 is 31.9 Å². The lowest BCUT2D eigenvalue weighted by Gasteiger charge is -2.18. The number of carbonyl (C=O) groups is 2. The third-order valence-corrected chi connectivity index (χ3v) is 4.75. The van der Waals surface area contributed by atoms with E-state index < -0.39 is 0 Å². The fourth-order valence-corrected chi connectivity index (χ4v) is 2.85. The largest absolute Gasteiger partial charge is 0.305 e. The molecule has 0 aliphatic heterocycles. The first-order chi connectivity index (χ1) is 10.4. The van der Waals surface area contributed by atoms with Gasteiger partial charge in [-0.25, -0.2) is 0 Å². The number of Topliss-reactive ketones (excluding diaryl/α,β-unsaturated/α-hetero) is 1. The summed E-state index contributed by atoms with van der Waals surface area (Å²) in [5.74, 6) is 0.0581. The molecule has 0 saturated heterocycles. The monoisotopic (exact) mass is 426 g/mol. The van der Waals surface area contributed by atoms with Crippen LogP contribution < -0.4 is 10.9 Å². The third-order valence-electron chi connectivity index (χ3n) is 3.56. The molecular formula is C16H16Br2N2O2. The number of hydrogen-bond donors (Lipinski definition) is 2. The van der Waals surface area contributed by atoms with Gasteiger partial charge in [-0.15, -0.1) is 0 Å². The van der Waals surface area contributed by atoms with Crippen molar-refractivity contribution in [1.29, 1.82) is 0 Å². The van der Waals surface area contributed by atoms with Crippen molar-refractivity contribution in [2.75, 3.05) is 0 Å². The van der Waals surface area contributed by atoms with E-state index in [9.17, 15) is 9.59 Å². The molecule has 1 aliphatic carbocycles. The maximum absolute atomic E-state index is 12.1. The van der Waals surface area contributed by atoms with Gasteiger partial charge in [-0.2, -0.15) is 0 Å². The van der Waals surface area contributed by atoms with Crippen molar-refractivity contribution in [2.45, 2.75) is 20.3 Å². The molecule has 1 aromatic carbocycles. The molecule has 22 heavy (non-hydrogen) atoms. The van der Waals surface area contributed by atoms with E-state index in [4.69, 9.17) is 0 Å². The number of hydrogen-bond acceptors (Lipinski definition) is 3. The van der Waals surface area contributed by atoms with Crippen molar-refractivity contribution in [3.8, 4) is 0 Å². The highest BCUT2D eigenvalue weighted by Crippen LogP contribution is 2.24. The molecule has 6 heteroatoms. The van der Waals surface area contributed by atoms with Crippen molar-refractivity contribution < 1.29 is 9.59 Å². The number of rotatable bonds is 3. The van der Waals surface area contributed by atoms with Gasteiger partial charge in [-0.3, -0.25) is 15.0 Å². The van der Waals surface area contributed by atoms with Crippen molar-refractivity contribution in [1.82, 2.24) is 10.9 Å². The summed E-state index contributed by atoms with van der Waals surface area (Å²) in [6.07, 6.45) is 3.88. The van der Waals surface area contributed by atoms with Crippen LogP contribution in [0.3, 0.4) is 0 Å². The van der Waals surface area contributed by atoms with E-state index in [0.29, 0.717) is 22.0 Å². The summed E-state index contributed by atoms with van der Waals surface area (Å²) >= 11 is 6.66. The highest BCUT2D eigenvalue weighted by atomic mass is 79.9. The van der Waals surface area contributed by atoms with Gasteiger partial charge in [-0.05, 0) is 47.0 Å². The Labute approximate surface area is 146 Å². The molecule has 0 saturated carbocycles. The second-order valence-corrected chi connectivity index (χ2v) is 7.01. The third kappa shape index (κ3) is 4.08. The van der Waals surface area contributed by atoms with Gasteiger partial charge in [-0.1, -0.05) is 34.5 Å². The number of nitrogens with one attached hydrogen (secondary N) is 2. The van der Waals surface area contributed by atoms with Crippen molar-refractivity contribution >= 4 is 43.6 Å². The van der Waals surface area contributed by atoms with Crippen LogP contribution in [0.15, 0.2) is 50.6 Å². The fraction of sp³-hybridized carbons (Fsp3) is 0.250. The summed E-state index contributed by atoms with van der Waals surface area (Å²) in [6, 6.07) is 5.34. The predicted octanol–water partition coefficient (Wildman–Crippen LogP) is 3.89. The lowest BCUT2D eigenvalue weighted by molar-refractivity contribution is -0.116. The molecule has 0 bridgehead atoms. The van der Waals surface area contributed by atoms with Gasteiger partial charge < -0.3 is 5.43 Å². The van der Waals surface area contributed by atoms with Crippen LogP contribution in [0.1, 0.15) is 30.6 Å². The van der Waals surface area contributed by atoms with Gasteiger partial charge in [0.2, 0.25) is 0 Å². The number of allylic oxidation sites excluding steroid dienone is 3. The molecule has 4 nitrogen and oxygen atoms in total. The zero-order valence-corrected chi connectivity index (χ0v) is 15.4. The number of carbonyl (C=O) groups excluding carboxylic acids is 2. The van der Waals surface area contributed by atoms with Crippen molar-refractivity contribution in [3.05, 3.63) is 56.1 Å². The van der Waals surface area contributed by atoms with Crippen molar-refractivity contribution in [3.63, 3.8) is 0 Å². The van der Waals surface area contributed by atoms with Gasteiger partial charge in [0.05, 0.1) is 5.56 Å². The quantitative estimate of drug-likeness (QED) is 0.568. The molecule has 1 aromatic rings. The van der Waals surface area contributed by atoms with Crippen LogP contribution in [-0.4, -0.2) is 11.7 Å². The second kappa shape index (κ2) is 7.24. The van der Waals surface area contributed by atoms with E-state index in [0.717, 1.165) is 10.0 Å². The number of amides is 1. The lowest BCUT2D eigenvalue weighted by Crippen LogP contribution is -2.34. The van der Waals surface area contributed by atoms with E-state index in [1.54, 1.807) is 12.1 Å². The zero-order valence-electron chi connectivity index (χ0n) is 12.2. The van der Waals surface area contributed by atoms with Crippen LogP contribution in [0.2, 0.25) is 0 Å².